The Labute approximate surface area is 150 Å². The minimum Gasteiger partial charge on any atom is -0.381 e. The highest BCUT2D eigenvalue weighted by molar-refractivity contribution is 5.74. The fourth-order valence-corrected chi connectivity index (χ4v) is 5.21. The summed E-state index contributed by atoms with van der Waals surface area (Å²) in [7, 11) is 1.78. The van der Waals surface area contributed by atoms with Gasteiger partial charge in [0.05, 0.1) is 6.10 Å². The van der Waals surface area contributed by atoms with E-state index < -0.39 is 0 Å². The molecule has 2 atom stereocenters. The Bertz CT molecular complexity index is 577. The van der Waals surface area contributed by atoms with Crippen molar-refractivity contribution in [2.24, 2.45) is 11.8 Å². The van der Waals surface area contributed by atoms with Gasteiger partial charge in [-0.25, -0.2) is 4.79 Å². The van der Waals surface area contributed by atoms with Crippen LogP contribution >= 0.6 is 0 Å². The zero-order chi connectivity index (χ0) is 17.2. The molecule has 1 aromatic rings. The number of hydrogen-bond acceptors (Lipinski definition) is 2. The van der Waals surface area contributed by atoms with Gasteiger partial charge in [-0.05, 0) is 74.3 Å². The number of methoxy groups -OCH3 is 1. The predicted octanol–water partition coefficient (Wildman–Crippen LogP) is 3.44. The maximum atomic E-state index is 12.6. The van der Waals surface area contributed by atoms with Crippen molar-refractivity contribution in [1.82, 2.24) is 10.6 Å². The number of carbonyl (C=O) groups excluding carboxylic acids is 1. The summed E-state index contributed by atoms with van der Waals surface area (Å²) >= 11 is 0. The van der Waals surface area contributed by atoms with E-state index in [0.717, 1.165) is 38.5 Å². The highest BCUT2D eigenvalue weighted by Gasteiger charge is 2.39. The van der Waals surface area contributed by atoms with E-state index in [1.54, 1.807) is 7.11 Å². The van der Waals surface area contributed by atoms with Gasteiger partial charge in [0.2, 0.25) is 0 Å². The van der Waals surface area contributed by atoms with Gasteiger partial charge in [-0.1, -0.05) is 24.3 Å². The smallest absolute Gasteiger partial charge is 0.315 e. The molecule has 2 N–H and O–H groups in total. The van der Waals surface area contributed by atoms with Crippen molar-refractivity contribution >= 4 is 6.03 Å². The van der Waals surface area contributed by atoms with Crippen LogP contribution in [0.3, 0.4) is 0 Å². The first-order valence-corrected chi connectivity index (χ1v) is 9.89. The van der Waals surface area contributed by atoms with Crippen LogP contribution < -0.4 is 10.6 Å². The van der Waals surface area contributed by atoms with Crippen molar-refractivity contribution in [3.05, 3.63) is 35.4 Å². The van der Waals surface area contributed by atoms with Crippen LogP contribution in [0.15, 0.2) is 24.3 Å². The minimum atomic E-state index is 0.0359. The van der Waals surface area contributed by atoms with E-state index in [0.29, 0.717) is 30.0 Å². The number of benzene rings is 1. The van der Waals surface area contributed by atoms with E-state index in [-0.39, 0.29) is 6.03 Å². The number of amides is 2. The Balaban J connectivity index is 1.34. The standard InChI is InChI=1S/C21H30N2O2/c1-25-19-10-8-18(9-11-19)22-21(24)23-20-16-6-7-17(20)13-15-5-3-2-4-14(15)12-16/h2-5,16-20H,6-13H2,1H3,(H2,22,23,24). The predicted molar refractivity (Wildman–Crippen MR) is 98.6 cm³/mol. The van der Waals surface area contributed by atoms with E-state index in [4.69, 9.17) is 4.74 Å². The molecule has 3 aliphatic rings. The number of fused-ring (bicyclic) bond motifs is 3. The average molecular weight is 342 g/mol. The summed E-state index contributed by atoms with van der Waals surface area (Å²) in [6.45, 7) is 0. The largest absolute Gasteiger partial charge is 0.381 e. The number of hydrogen-bond donors (Lipinski definition) is 2. The summed E-state index contributed by atoms with van der Waals surface area (Å²) in [5, 5.41) is 6.56. The van der Waals surface area contributed by atoms with Gasteiger partial charge in [0.25, 0.3) is 0 Å². The highest BCUT2D eigenvalue weighted by atomic mass is 16.5. The molecule has 4 nitrogen and oxygen atoms in total. The molecule has 0 aromatic heterocycles. The molecule has 4 rings (SSSR count). The lowest BCUT2D eigenvalue weighted by atomic mass is 9.93. The fraction of sp³-hybridized carbons (Fsp3) is 0.667. The van der Waals surface area contributed by atoms with E-state index >= 15 is 0 Å². The van der Waals surface area contributed by atoms with Crippen molar-refractivity contribution in [2.75, 3.05) is 7.11 Å². The zero-order valence-electron chi connectivity index (χ0n) is 15.2. The van der Waals surface area contributed by atoms with Gasteiger partial charge in [-0.2, -0.15) is 0 Å². The number of urea groups is 1. The van der Waals surface area contributed by atoms with Crippen LogP contribution in [-0.4, -0.2) is 31.3 Å². The molecule has 3 aliphatic carbocycles. The van der Waals surface area contributed by atoms with Crippen molar-refractivity contribution in [1.29, 1.82) is 0 Å². The van der Waals surface area contributed by atoms with Crippen molar-refractivity contribution in [3.63, 3.8) is 0 Å². The Morgan fingerprint density at radius 1 is 0.920 bits per heavy atom. The van der Waals surface area contributed by atoms with E-state index in [2.05, 4.69) is 34.9 Å². The van der Waals surface area contributed by atoms with Crippen LogP contribution in [0.5, 0.6) is 0 Å². The molecular weight excluding hydrogens is 312 g/mol. The molecule has 0 spiro atoms. The average Bonchev–Trinajstić information content (AvgIpc) is 2.89. The van der Waals surface area contributed by atoms with Crippen LogP contribution in [0.1, 0.15) is 49.7 Å². The SMILES string of the molecule is COC1CCC(NC(=O)NC2C3CCC2Cc2ccccc2C3)CC1. The third-order valence-corrected chi connectivity index (χ3v) is 6.65. The molecular formula is C21H30N2O2. The zero-order valence-corrected chi connectivity index (χ0v) is 15.2. The fourth-order valence-electron chi connectivity index (χ4n) is 5.21. The summed E-state index contributed by atoms with van der Waals surface area (Å²) in [6.07, 6.45) is 9.21. The van der Waals surface area contributed by atoms with Gasteiger partial charge in [-0.15, -0.1) is 0 Å². The van der Waals surface area contributed by atoms with Crippen LogP contribution in [0.2, 0.25) is 0 Å². The lowest BCUT2D eigenvalue weighted by Gasteiger charge is -2.30. The van der Waals surface area contributed by atoms with Crippen LogP contribution in [-0.2, 0) is 17.6 Å². The highest BCUT2D eigenvalue weighted by Crippen LogP contribution is 2.40. The van der Waals surface area contributed by atoms with Crippen LogP contribution in [0.4, 0.5) is 4.79 Å². The summed E-state index contributed by atoms with van der Waals surface area (Å²) in [5.74, 6) is 1.17. The topological polar surface area (TPSA) is 50.4 Å². The molecule has 136 valence electrons. The van der Waals surface area contributed by atoms with Gasteiger partial charge in [0.1, 0.15) is 0 Å². The van der Waals surface area contributed by atoms with Gasteiger partial charge >= 0.3 is 6.03 Å². The lowest BCUT2D eigenvalue weighted by molar-refractivity contribution is 0.0634. The summed E-state index contributed by atoms with van der Waals surface area (Å²) in [4.78, 5) is 12.6. The second-order valence-corrected chi connectivity index (χ2v) is 8.13. The molecule has 25 heavy (non-hydrogen) atoms. The molecule has 2 bridgehead atoms. The molecule has 2 amide bonds. The second kappa shape index (κ2) is 7.36. The van der Waals surface area contributed by atoms with Crippen LogP contribution in [0, 0.1) is 11.8 Å². The third-order valence-electron chi connectivity index (χ3n) is 6.65. The Morgan fingerprint density at radius 3 is 2.08 bits per heavy atom. The first kappa shape index (κ1) is 16.9. The van der Waals surface area contributed by atoms with Gasteiger partial charge < -0.3 is 15.4 Å². The number of nitrogens with one attached hydrogen (secondary N) is 2. The van der Waals surface area contributed by atoms with Gasteiger partial charge in [-0.3, -0.25) is 0 Å². The lowest BCUT2D eigenvalue weighted by Crippen LogP contribution is -2.50. The maximum absolute atomic E-state index is 12.6. The second-order valence-electron chi connectivity index (χ2n) is 8.13. The van der Waals surface area contributed by atoms with Gasteiger partial charge in [0, 0.05) is 19.2 Å². The monoisotopic (exact) mass is 342 g/mol. The molecule has 4 heteroatoms. The molecule has 0 heterocycles. The summed E-state index contributed by atoms with van der Waals surface area (Å²) in [5.41, 5.74) is 2.97. The normalized spacial score (nSPS) is 34.0. The minimum absolute atomic E-state index is 0.0359. The van der Waals surface area contributed by atoms with E-state index in [1.807, 2.05) is 0 Å². The van der Waals surface area contributed by atoms with Crippen molar-refractivity contribution in [3.8, 4) is 0 Å². The Kier molecular flexibility index (Phi) is 4.98. The van der Waals surface area contributed by atoms with Crippen LogP contribution in [0.25, 0.3) is 0 Å². The van der Waals surface area contributed by atoms with Crippen molar-refractivity contribution < 1.29 is 9.53 Å². The summed E-state index contributed by atoms with van der Waals surface area (Å²) in [6, 6.07) is 9.47. The first-order chi connectivity index (χ1) is 12.2. The molecule has 0 saturated heterocycles. The molecule has 0 radical (unpaired) electrons. The van der Waals surface area contributed by atoms with Gasteiger partial charge in [0.15, 0.2) is 0 Å². The molecule has 0 aliphatic heterocycles. The number of rotatable bonds is 3. The quantitative estimate of drug-likeness (QED) is 0.884. The Hall–Kier alpha value is -1.55. The first-order valence-electron chi connectivity index (χ1n) is 9.89. The molecule has 2 fully saturated rings. The van der Waals surface area contributed by atoms with E-state index in [9.17, 15) is 4.79 Å². The number of carbonyl (C=O) groups is 1. The molecule has 2 saturated carbocycles. The molecule has 2 unspecified atom stereocenters. The maximum Gasteiger partial charge on any atom is 0.315 e. The molecule has 1 aromatic carbocycles. The Morgan fingerprint density at radius 2 is 1.52 bits per heavy atom. The summed E-state index contributed by atoms with van der Waals surface area (Å²) < 4.78 is 5.42. The number of ether oxygens (including phenoxy) is 1. The van der Waals surface area contributed by atoms with E-state index in [1.165, 1.54) is 24.0 Å². The third kappa shape index (κ3) is 3.69. The van der Waals surface area contributed by atoms with Crippen molar-refractivity contribution in [2.45, 2.75) is 69.6 Å².